The maximum Gasteiger partial charge on any atom is 0.329 e. The molecule has 14 atom stereocenters. The topological polar surface area (TPSA) is 185 Å². The summed E-state index contributed by atoms with van der Waals surface area (Å²) in [7, 11) is 4.67. The Morgan fingerprint density at radius 3 is 2.22 bits per heavy atom. The van der Waals surface area contributed by atoms with E-state index < -0.39 is 77.9 Å². The molecule has 4 aliphatic rings. The zero-order valence-electron chi connectivity index (χ0n) is 37.3. The van der Waals surface area contributed by atoms with Crippen molar-refractivity contribution in [2.24, 2.45) is 29.6 Å². The second-order valence-corrected chi connectivity index (χ2v) is 18.3. The van der Waals surface area contributed by atoms with Gasteiger partial charge in [-0.2, -0.15) is 0 Å². The Kier molecular flexibility index (Phi) is 18.1. The van der Waals surface area contributed by atoms with E-state index in [9.17, 15) is 35.1 Å². The first kappa shape index (κ1) is 48.9. The van der Waals surface area contributed by atoms with Gasteiger partial charge < -0.3 is 49.3 Å². The van der Waals surface area contributed by atoms with E-state index in [0.717, 1.165) is 11.1 Å². The smallest absolute Gasteiger partial charge is 0.329 e. The van der Waals surface area contributed by atoms with Gasteiger partial charge in [0.1, 0.15) is 18.2 Å². The third kappa shape index (κ3) is 12.2. The molecule has 13 heteroatoms. The number of piperidine rings is 1. The summed E-state index contributed by atoms with van der Waals surface area (Å²) < 4.78 is 30.0. The zero-order chi connectivity index (χ0) is 43.8. The molecular formula is C46H74N2O11. The fourth-order valence-corrected chi connectivity index (χ4v) is 9.65. The number of hydrogen-bond donors (Lipinski definition) is 4. The number of nitrogens with one attached hydrogen (secondary N) is 1. The van der Waals surface area contributed by atoms with Crippen LogP contribution in [0.25, 0.3) is 0 Å². The fraction of sp³-hybridized carbons (Fsp3) is 0.783. The standard InChI is InChI=1S/C46H74N2O11/c1-26(2)14-16-33-20-27(3)19-28(4)21-39(56-9)42-40(57-10)23-30(6)46(54,59-42)43(51)44(52)48-18-12-11-13-35(48)45(53)58-41(31(7)37(50)25-34(33)47)29(5)22-32-15-17-36(49)38(24-32)55-8/h14,20,22,28,30-33,35-42,47,49-50,54H,11-13,15-19,21,23-25H2,1-10H3/b27-20+,29-22+,47-34?/t28-,30+,31+,32-,33+,35-,36+,37-,38+,39-,40-,41+,42+,46+/m0/s1. The van der Waals surface area contributed by atoms with Crippen LogP contribution in [0.2, 0.25) is 0 Å². The molecule has 3 fully saturated rings. The molecule has 13 nitrogen and oxygen atoms in total. The Morgan fingerprint density at radius 2 is 1.58 bits per heavy atom. The summed E-state index contributed by atoms with van der Waals surface area (Å²) in [6.45, 7) is 13.6. The Hall–Kier alpha value is -2.78. The molecule has 1 amide bonds. The number of cyclic esters (lactones) is 1. The van der Waals surface area contributed by atoms with Gasteiger partial charge in [-0.3, -0.25) is 9.59 Å². The number of methoxy groups -OCH3 is 3. The van der Waals surface area contributed by atoms with Crippen LogP contribution in [0.5, 0.6) is 0 Å². The molecular weight excluding hydrogens is 757 g/mol. The van der Waals surface area contributed by atoms with Gasteiger partial charge in [-0.15, -0.1) is 0 Å². The quantitative estimate of drug-likeness (QED) is 0.137. The van der Waals surface area contributed by atoms with E-state index in [0.29, 0.717) is 62.7 Å². The Labute approximate surface area is 352 Å². The molecule has 3 heterocycles. The third-order valence-corrected chi connectivity index (χ3v) is 13.3. The number of ketones is 1. The van der Waals surface area contributed by atoms with Gasteiger partial charge in [0.15, 0.2) is 0 Å². The van der Waals surface area contributed by atoms with Crippen LogP contribution >= 0.6 is 0 Å². The minimum atomic E-state index is -2.50. The van der Waals surface area contributed by atoms with E-state index >= 15 is 0 Å². The minimum Gasteiger partial charge on any atom is -0.456 e. The number of Topliss-reactive ketones (excluding diaryl/α,β-unsaturated/α-hetero) is 1. The highest BCUT2D eigenvalue weighted by molar-refractivity contribution is 6.39. The summed E-state index contributed by atoms with van der Waals surface area (Å²) in [4.78, 5) is 44.2. The lowest BCUT2D eigenvalue weighted by atomic mass is 9.81. The highest BCUT2D eigenvalue weighted by atomic mass is 16.7. The number of amides is 1. The van der Waals surface area contributed by atoms with Crippen molar-refractivity contribution in [1.29, 1.82) is 5.41 Å². The number of hydrogen-bond acceptors (Lipinski definition) is 12. The van der Waals surface area contributed by atoms with Crippen molar-refractivity contribution in [3.63, 3.8) is 0 Å². The fourth-order valence-electron chi connectivity index (χ4n) is 9.65. The van der Waals surface area contributed by atoms with Crippen LogP contribution < -0.4 is 0 Å². The van der Waals surface area contributed by atoms with Gasteiger partial charge in [0.05, 0.1) is 30.5 Å². The minimum absolute atomic E-state index is 0.0154. The Bertz CT molecular complexity index is 1560. The SMILES string of the molecule is CO[C@H]1C[C@@H](C)C/C(C)=C/[C@@H](CC=C(C)C)C(=N)C[C@H](O)[C@@H](C)[C@@H](/C(C)=C/[C@@H]2CC[C@@H](O)[C@H](OC)C2)OC(=O)[C@@H]2CCCCN2C(=O)C(=O)[C@]2(O)O[C@H]1[C@@H](OC)C[C@H]2C. The molecule has 0 spiro atoms. The number of carbonyl (C=O) groups is 3. The highest BCUT2D eigenvalue weighted by Crippen LogP contribution is 2.39. The first-order valence-corrected chi connectivity index (χ1v) is 21.8. The molecule has 1 aliphatic carbocycles. The highest BCUT2D eigenvalue weighted by Gasteiger charge is 2.56. The lowest BCUT2D eigenvalue weighted by Crippen LogP contribution is -2.64. The molecule has 3 aliphatic heterocycles. The molecule has 0 aromatic heterocycles. The zero-order valence-corrected chi connectivity index (χ0v) is 37.3. The molecule has 4 N–H and O–H groups in total. The molecule has 1 saturated carbocycles. The number of aliphatic hydroxyl groups is 3. The largest absolute Gasteiger partial charge is 0.456 e. The molecule has 2 bridgehead atoms. The molecule has 59 heavy (non-hydrogen) atoms. The van der Waals surface area contributed by atoms with Crippen molar-refractivity contribution in [2.45, 2.75) is 174 Å². The third-order valence-electron chi connectivity index (χ3n) is 13.3. The average Bonchev–Trinajstić information content (AvgIpc) is 3.20. The van der Waals surface area contributed by atoms with Crippen molar-refractivity contribution in [1.82, 2.24) is 4.90 Å². The number of ether oxygens (including phenoxy) is 5. The first-order chi connectivity index (χ1) is 27.8. The molecule has 0 aromatic rings. The Balaban J connectivity index is 1.80. The molecule has 0 aromatic carbocycles. The first-order valence-electron chi connectivity index (χ1n) is 21.8. The van der Waals surface area contributed by atoms with Gasteiger partial charge in [-0.25, -0.2) is 4.79 Å². The van der Waals surface area contributed by atoms with Crippen LogP contribution in [0.15, 0.2) is 34.9 Å². The average molecular weight is 831 g/mol. The second kappa shape index (κ2) is 21.8. The van der Waals surface area contributed by atoms with E-state index in [1.807, 2.05) is 33.8 Å². The van der Waals surface area contributed by atoms with Crippen LogP contribution in [0.4, 0.5) is 0 Å². The second-order valence-electron chi connectivity index (χ2n) is 18.3. The van der Waals surface area contributed by atoms with E-state index in [4.69, 9.17) is 23.7 Å². The van der Waals surface area contributed by atoms with E-state index in [-0.39, 0.29) is 49.7 Å². The number of esters is 1. The Morgan fingerprint density at radius 1 is 0.915 bits per heavy atom. The number of nitrogens with zero attached hydrogens (tertiary/aromatic N) is 1. The van der Waals surface area contributed by atoms with Gasteiger partial charge in [0.25, 0.3) is 11.7 Å². The maximum atomic E-state index is 14.4. The number of allylic oxidation sites excluding steroid dienone is 5. The van der Waals surface area contributed by atoms with Gasteiger partial charge in [-0.1, -0.05) is 50.1 Å². The van der Waals surface area contributed by atoms with Gasteiger partial charge in [0.2, 0.25) is 5.79 Å². The van der Waals surface area contributed by atoms with Gasteiger partial charge in [-0.05, 0) is 109 Å². The summed E-state index contributed by atoms with van der Waals surface area (Å²) in [5, 5.41) is 43.8. The van der Waals surface area contributed by atoms with E-state index in [1.54, 1.807) is 35.2 Å². The van der Waals surface area contributed by atoms with Crippen LogP contribution in [0.1, 0.15) is 119 Å². The lowest BCUT2D eigenvalue weighted by Gasteiger charge is -2.47. The van der Waals surface area contributed by atoms with E-state index in [1.165, 1.54) is 4.90 Å². The maximum absolute atomic E-state index is 14.4. The van der Waals surface area contributed by atoms with Crippen LogP contribution in [0, 0.1) is 35.0 Å². The van der Waals surface area contributed by atoms with Gasteiger partial charge in [0, 0.05) is 57.8 Å². The van der Waals surface area contributed by atoms with Crippen molar-refractivity contribution in [2.75, 3.05) is 27.9 Å². The lowest BCUT2D eigenvalue weighted by molar-refractivity contribution is -0.302. The molecule has 0 radical (unpaired) electrons. The van der Waals surface area contributed by atoms with E-state index in [2.05, 4.69) is 19.1 Å². The molecule has 0 unspecified atom stereocenters. The van der Waals surface area contributed by atoms with Gasteiger partial charge >= 0.3 is 5.97 Å². The summed E-state index contributed by atoms with van der Waals surface area (Å²) in [5.41, 5.74) is 3.25. The van der Waals surface area contributed by atoms with Crippen molar-refractivity contribution >= 4 is 23.4 Å². The number of rotatable bonds is 7. The monoisotopic (exact) mass is 831 g/mol. The number of carbonyl (C=O) groups excluding carboxylic acids is 3. The summed E-state index contributed by atoms with van der Waals surface area (Å²) in [5.74, 6) is -7.08. The molecule has 2 saturated heterocycles. The van der Waals surface area contributed by atoms with Crippen LogP contribution in [-0.2, 0) is 38.1 Å². The van der Waals surface area contributed by atoms with Crippen LogP contribution in [0.3, 0.4) is 0 Å². The summed E-state index contributed by atoms with van der Waals surface area (Å²) >= 11 is 0. The number of aliphatic hydroxyl groups excluding tert-OH is 2. The normalized spacial score (nSPS) is 39.9. The van der Waals surface area contributed by atoms with Crippen molar-refractivity contribution in [3.05, 3.63) is 34.9 Å². The predicted molar refractivity (Wildman–Crippen MR) is 225 cm³/mol. The molecule has 4 rings (SSSR count). The summed E-state index contributed by atoms with van der Waals surface area (Å²) in [6, 6.07) is -1.12. The summed E-state index contributed by atoms with van der Waals surface area (Å²) in [6.07, 6.45) is 6.55. The number of fused-ring (bicyclic) bond motifs is 3. The molecule has 334 valence electrons. The predicted octanol–water partition coefficient (Wildman–Crippen LogP) is 5.87. The van der Waals surface area contributed by atoms with Crippen molar-refractivity contribution < 1.29 is 53.4 Å². The van der Waals surface area contributed by atoms with Crippen molar-refractivity contribution in [3.8, 4) is 0 Å². The van der Waals surface area contributed by atoms with Crippen LogP contribution in [-0.4, -0.2) is 126 Å².